The number of nitrogens with one attached hydrogen (secondary N) is 1. The minimum absolute atomic E-state index is 0.0603. The van der Waals surface area contributed by atoms with Crippen LogP contribution >= 0.6 is 0 Å². The Morgan fingerprint density at radius 1 is 1.48 bits per heavy atom. The summed E-state index contributed by atoms with van der Waals surface area (Å²) in [4.78, 5) is 15.7. The summed E-state index contributed by atoms with van der Waals surface area (Å²) in [5.41, 5.74) is 5.74. The molecule has 0 aromatic carbocycles. The summed E-state index contributed by atoms with van der Waals surface area (Å²) in [5.74, 6) is 4.76. The van der Waals surface area contributed by atoms with Crippen molar-refractivity contribution in [1.82, 2.24) is 10.3 Å². The topological polar surface area (TPSA) is 77.2 Å². The van der Waals surface area contributed by atoms with Gasteiger partial charge in [-0.3, -0.25) is 4.79 Å². The molecule has 5 nitrogen and oxygen atoms in total. The fourth-order valence-electron chi connectivity index (χ4n) is 1.34. The molecule has 0 aliphatic carbocycles. The third kappa shape index (κ3) is 6.74. The van der Waals surface area contributed by atoms with Crippen LogP contribution < -0.4 is 11.1 Å². The van der Waals surface area contributed by atoms with Crippen LogP contribution in [0.15, 0.2) is 18.3 Å². The van der Waals surface area contributed by atoms with Crippen LogP contribution in [0, 0.1) is 11.8 Å². The number of rotatable bonds is 5. The van der Waals surface area contributed by atoms with Gasteiger partial charge in [0.2, 0.25) is 0 Å². The SMILES string of the molecule is NCC#Cc1cccnc1C(=O)NCCOCC(F)(F)F. The second-order valence-electron chi connectivity index (χ2n) is 3.83. The molecule has 1 amide bonds. The minimum Gasteiger partial charge on any atom is -0.370 e. The molecule has 0 aliphatic heterocycles. The van der Waals surface area contributed by atoms with Gasteiger partial charge < -0.3 is 15.8 Å². The van der Waals surface area contributed by atoms with E-state index in [0.717, 1.165) is 0 Å². The number of nitrogens with zero attached hydrogens (tertiary/aromatic N) is 1. The molecule has 0 bridgehead atoms. The predicted octanol–water partition coefficient (Wildman–Crippen LogP) is 0.701. The summed E-state index contributed by atoms with van der Waals surface area (Å²) in [6.07, 6.45) is -2.96. The molecule has 0 fully saturated rings. The second kappa shape index (κ2) is 8.24. The van der Waals surface area contributed by atoms with Crippen molar-refractivity contribution < 1.29 is 22.7 Å². The lowest BCUT2D eigenvalue weighted by molar-refractivity contribution is -0.173. The third-order valence-electron chi connectivity index (χ3n) is 2.15. The van der Waals surface area contributed by atoms with Crippen LogP contribution in [0.5, 0.6) is 0 Å². The van der Waals surface area contributed by atoms with E-state index in [1.54, 1.807) is 12.1 Å². The molecule has 21 heavy (non-hydrogen) atoms. The largest absolute Gasteiger partial charge is 0.411 e. The van der Waals surface area contributed by atoms with Crippen molar-refractivity contribution in [2.75, 3.05) is 26.3 Å². The van der Waals surface area contributed by atoms with Gasteiger partial charge in [0.05, 0.1) is 18.7 Å². The molecule has 0 unspecified atom stereocenters. The molecule has 1 rings (SSSR count). The van der Waals surface area contributed by atoms with Gasteiger partial charge in [-0.05, 0) is 12.1 Å². The van der Waals surface area contributed by atoms with Gasteiger partial charge in [-0.25, -0.2) is 4.98 Å². The summed E-state index contributed by atoms with van der Waals surface area (Å²) < 4.78 is 39.9. The van der Waals surface area contributed by atoms with Crippen LogP contribution in [0.25, 0.3) is 0 Å². The van der Waals surface area contributed by atoms with Crippen LogP contribution in [0.4, 0.5) is 13.2 Å². The molecule has 3 N–H and O–H groups in total. The Hall–Kier alpha value is -2.11. The van der Waals surface area contributed by atoms with Crippen molar-refractivity contribution in [2.24, 2.45) is 5.73 Å². The Kier molecular flexibility index (Phi) is 6.65. The third-order valence-corrected chi connectivity index (χ3v) is 2.15. The highest BCUT2D eigenvalue weighted by Gasteiger charge is 2.27. The van der Waals surface area contributed by atoms with E-state index in [4.69, 9.17) is 5.73 Å². The number of amides is 1. The number of hydrogen-bond donors (Lipinski definition) is 2. The van der Waals surface area contributed by atoms with Gasteiger partial charge in [0.15, 0.2) is 0 Å². The highest BCUT2D eigenvalue weighted by molar-refractivity contribution is 5.94. The number of carbonyl (C=O) groups is 1. The Labute approximate surface area is 119 Å². The summed E-state index contributed by atoms with van der Waals surface area (Å²) >= 11 is 0. The number of alkyl halides is 3. The van der Waals surface area contributed by atoms with Crippen LogP contribution in [-0.2, 0) is 4.74 Å². The van der Waals surface area contributed by atoms with E-state index in [2.05, 4.69) is 26.9 Å². The first-order valence-electron chi connectivity index (χ1n) is 6.00. The Morgan fingerprint density at radius 3 is 2.90 bits per heavy atom. The predicted molar refractivity (Wildman–Crippen MR) is 69.4 cm³/mol. The maximum Gasteiger partial charge on any atom is 0.411 e. The lowest BCUT2D eigenvalue weighted by atomic mass is 10.2. The van der Waals surface area contributed by atoms with E-state index >= 15 is 0 Å². The monoisotopic (exact) mass is 301 g/mol. The van der Waals surface area contributed by atoms with Gasteiger partial charge in [-0.15, -0.1) is 0 Å². The average molecular weight is 301 g/mol. The first-order chi connectivity index (χ1) is 9.94. The van der Waals surface area contributed by atoms with Crippen molar-refractivity contribution in [3.63, 3.8) is 0 Å². The smallest absolute Gasteiger partial charge is 0.370 e. The van der Waals surface area contributed by atoms with E-state index in [-0.39, 0.29) is 25.4 Å². The zero-order chi connectivity index (χ0) is 15.7. The maximum atomic E-state index is 11.8. The summed E-state index contributed by atoms with van der Waals surface area (Å²) in [6.45, 7) is -1.52. The van der Waals surface area contributed by atoms with E-state index in [9.17, 15) is 18.0 Å². The molecule has 1 aromatic rings. The van der Waals surface area contributed by atoms with E-state index in [0.29, 0.717) is 5.56 Å². The van der Waals surface area contributed by atoms with Crippen LogP contribution in [0.2, 0.25) is 0 Å². The highest BCUT2D eigenvalue weighted by atomic mass is 19.4. The molecule has 0 atom stereocenters. The van der Waals surface area contributed by atoms with E-state index in [1.807, 2.05) is 0 Å². The maximum absolute atomic E-state index is 11.8. The average Bonchev–Trinajstić information content (AvgIpc) is 2.43. The van der Waals surface area contributed by atoms with Gasteiger partial charge >= 0.3 is 6.18 Å². The summed E-state index contributed by atoms with van der Waals surface area (Å²) in [5, 5.41) is 2.41. The van der Waals surface area contributed by atoms with E-state index in [1.165, 1.54) is 6.20 Å². The fraction of sp³-hybridized carbons (Fsp3) is 0.385. The van der Waals surface area contributed by atoms with Gasteiger partial charge in [-0.2, -0.15) is 13.2 Å². The lowest BCUT2D eigenvalue weighted by Gasteiger charge is -2.08. The van der Waals surface area contributed by atoms with Crippen molar-refractivity contribution in [2.45, 2.75) is 6.18 Å². The number of hydrogen-bond acceptors (Lipinski definition) is 4. The van der Waals surface area contributed by atoms with Gasteiger partial charge in [0.25, 0.3) is 5.91 Å². The number of aromatic nitrogens is 1. The number of pyridine rings is 1. The fourth-order valence-corrected chi connectivity index (χ4v) is 1.34. The molecule has 0 aliphatic rings. The quantitative estimate of drug-likeness (QED) is 0.620. The molecule has 114 valence electrons. The second-order valence-corrected chi connectivity index (χ2v) is 3.83. The highest BCUT2D eigenvalue weighted by Crippen LogP contribution is 2.13. The number of halogens is 3. The standard InChI is InChI=1S/C13H14F3N3O2/c14-13(15,16)9-21-8-7-19-12(20)11-10(3-1-5-17)4-2-6-18-11/h2,4,6H,5,7-9,17H2,(H,19,20). The molecule has 0 saturated carbocycles. The van der Waals surface area contributed by atoms with Crippen LogP contribution in [0.1, 0.15) is 16.1 Å². The first-order valence-corrected chi connectivity index (χ1v) is 6.00. The molecular weight excluding hydrogens is 287 g/mol. The van der Waals surface area contributed by atoms with Gasteiger partial charge in [0.1, 0.15) is 12.3 Å². The number of carbonyl (C=O) groups excluding carboxylic acids is 1. The van der Waals surface area contributed by atoms with Crippen molar-refractivity contribution in [3.05, 3.63) is 29.6 Å². The van der Waals surface area contributed by atoms with Crippen LogP contribution in [-0.4, -0.2) is 43.4 Å². The zero-order valence-corrected chi connectivity index (χ0v) is 11.0. The zero-order valence-electron chi connectivity index (χ0n) is 11.0. The van der Waals surface area contributed by atoms with Crippen molar-refractivity contribution in [1.29, 1.82) is 0 Å². The molecule has 8 heteroatoms. The molecule has 0 radical (unpaired) electrons. The molecule has 0 saturated heterocycles. The summed E-state index contributed by atoms with van der Waals surface area (Å²) in [7, 11) is 0. The van der Waals surface area contributed by atoms with Gasteiger partial charge in [0, 0.05) is 12.7 Å². The van der Waals surface area contributed by atoms with Crippen molar-refractivity contribution in [3.8, 4) is 11.8 Å². The van der Waals surface area contributed by atoms with Crippen LogP contribution in [0.3, 0.4) is 0 Å². The lowest BCUT2D eigenvalue weighted by Crippen LogP contribution is -2.30. The normalized spacial score (nSPS) is 10.7. The van der Waals surface area contributed by atoms with Crippen molar-refractivity contribution >= 4 is 5.91 Å². The Morgan fingerprint density at radius 2 is 2.24 bits per heavy atom. The molecule has 1 heterocycles. The molecule has 0 spiro atoms. The summed E-state index contributed by atoms with van der Waals surface area (Å²) in [6, 6.07) is 3.22. The first kappa shape index (κ1) is 16.9. The Balaban J connectivity index is 2.49. The Bertz CT molecular complexity index is 535. The number of nitrogens with two attached hydrogens (primary N) is 1. The number of ether oxygens (including phenoxy) is 1. The molecular formula is C13H14F3N3O2. The van der Waals surface area contributed by atoms with Gasteiger partial charge in [-0.1, -0.05) is 11.8 Å². The minimum atomic E-state index is -4.38. The van der Waals surface area contributed by atoms with E-state index < -0.39 is 18.7 Å². The molecule has 1 aromatic heterocycles.